The Labute approximate surface area is 134 Å². The van der Waals surface area contributed by atoms with E-state index in [0.29, 0.717) is 36.1 Å². The van der Waals surface area contributed by atoms with Crippen molar-refractivity contribution in [3.63, 3.8) is 0 Å². The van der Waals surface area contributed by atoms with Gasteiger partial charge in [0.15, 0.2) is 17.2 Å². The van der Waals surface area contributed by atoms with Gasteiger partial charge in [-0.1, -0.05) is 6.07 Å². The molecule has 0 saturated heterocycles. The SMILES string of the molecule is CN(C)CCn1ccc(C(=O)Nc2cccc3c2OCCO3)n1. The minimum atomic E-state index is -0.267. The highest BCUT2D eigenvalue weighted by molar-refractivity contribution is 6.03. The van der Waals surface area contributed by atoms with Crippen LogP contribution in [0.3, 0.4) is 0 Å². The van der Waals surface area contributed by atoms with E-state index in [-0.39, 0.29) is 5.91 Å². The summed E-state index contributed by atoms with van der Waals surface area (Å²) >= 11 is 0. The summed E-state index contributed by atoms with van der Waals surface area (Å²) < 4.78 is 12.9. The lowest BCUT2D eigenvalue weighted by molar-refractivity contribution is 0.102. The normalized spacial score (nSPS) is 13.2. The molecule has 0 saturated carbocycles. The van der Waals surface area contributed by atoms with Crippen LogP contribution in [0.25, 0.3) is 0 Å². The van der Waals surface area contributed by atoms with E-state index in [1.54, 1.807) is 23.0 Å². The Morgan fingerprint density at radius 1 is 1.30 bits per heavy atom. The minimum Gasteiger partial charge on any atom is -0.486 e. The first-order chi connectivity index (χ1) is 11.1. The van der Waals surface area contributed by atoms with Gasteiger partial charge in [-0.2, -0.15) is 5.10 Å². The second-order valence-corrected chi connectivity index (χ2v) is 5.55. The second kappa shape index (κ2) is 6.70. The molecule has 0 spiro atoms. The molecule has 1 amide bonds. The van der Waals surface area contributed by atoms with E-state index >= 15 is 0 Å². The number of carbonyl (C=O) groups excluding carboxylic acids is 1. The number of fused-ring (bicyclic) bond motifs is 1. The number of hydrogen-bond acceptors (Lipinski definition) is 5. The van der Waals surface area contributed by atoms with Crippen LogP contribution in [-0.2, 0) is 6.54 Å². The molecule has 1 N–H and O–H groups in total. The molecular formula is C16H20N4O3. The van der Waals surface area contributed by atoms with Crippen LogP contribution >= 0.6 is 0 Å². The number of likely N-dealkylation sites (N-methyl/N-ethyl adjacent to an activating group) is 1. The fourth-order valence-electron chi connectivity index (χ4n) is 2.27. The van der Waals surface area contributed by atoms with Crippen molar-refractivity contribution in [2.45, 2.75) is 6.54 Å². The number of carbonyl (C=O) groups is 1. The van der Waals surface area contributed by atoms with Crippen molar-refractivity contribution in [2.24, 2.45) is 0 Å². The summed E-state index contributed by atoms with van der Waals surface area (Å²) in [5.41, 5.74) is 0.966. The van der Waals surface area contributed by atoms with Gasteiger partial charge < -0.3 is 19.7 Å². The van der Waals surface area contributed by atoms with Crippen LogP contribution in [0.5, 0.6) is 11.5 Å². The summed E-state index contributed by atoms with van der Waals surface area (Å²) in [5, 5.41) is 7.13. The quantitative estimate of drug-likeness (QED) is 0.904. The molecule has 0 aliphatic carbocycles. The summed E-state index contributed by atoms with van der Waals surface area (Å²) in [6, 6.07) is 7.13. The molecule has 0 radical (unpaired) electrons. The van der Waals surface area contributed by atoms with Crippen molar-refractivity contribution in [2.75, 3.05) is 39.2 Å². The number of ether oxygens (including phenoxy) is 2. The maximum Gasteiger partial charge on any atom is 0.276 e. The zero-order valence-electron chi connectivity index (χ0n) is 13.3. The molecule has 0 fully saturated rings. The molecule has 1 aromatic carbocycles. The Morgan fingerprint density at radius 3 is 2.96 bits per heavy atom. The van der Waals surface area contributed by atoms with Gasteiger partial charge in [0.2, 0.25) is 0 Å². The van der Waals surface area contributed by atoms with E-state index in [4.69, 9.17) is 9.47 Å². The molecule has 122 valence electrons. The van der Waals surface area contributed by atoms with Crippen LogP contribution in [0, 0.1) is 0 Å². The van der Waals surface area contributed by atoms with Gasteiger partial charge in [0.25, 0.3) is 5.91 Å². The summed E-state index contributed by atoms with van der Waals surface area (Å²) in [5.74, 6) is 0.945. The van der Waals surface area contributed by atoms with Crippen molar-refractivity contribution in [3.05, 3.63) is 36.2 Å². The average Bonchev–Trinajstić information content (AvgIpc) is 3.02. The number of anilines is 1. The predicted octanol–water partition coefficient (Wildman–Crippen LogP) is 1.47. The van der Waals surface area contributed by atoms with Gasteiger partial charge in [-0.05, 0) is 32.3 Å². The molecule has 0 unspecified atom stereocenters. The van der Waals surface area contributed by atoms with Gasteiger partial charge in [-0.15, -0.1) is 0 Å². The fraction of sp³-hybridized carbons (Fsp3) is 0.375. The zero-order valence-corrected chi connectivity index (χ0v) is 13.3. The highest BCUT2D eigenvalue weighted by Crippen LogP contribution is 2.37. The Hall–Kier alpha value is -2.54. The largest absolute Gasteiger partial charge is 0.486 e. The highest BCUT2D eigenvalue weighted by atomic mass is 16.6. The molecule has 1 aliphatic heterocycles. The molecule has 7 heteroatoms. The third-order valence-corrected chi connectivity index (χ3v) is 3.46. The summed E-state index contributed by atoms with van der Waals surface area (Å²) in [7, 11) is 4.00. The number of para-hydroxylation sites is 1. The molecule has 2 aromatic rings. The zero-order chi connectivity index (χ0) is 16.2. The maximum atomic E-state index is 12.4. The fourth-order valence-corrected chi connectivity index (χ4v) is 2.27. The average molecular weight is 316 g/mol. The topological polar surface area (TPSA) is 68.6 Å². The molecule has 23 heavy (non-hydrogen) atoms. The van der Waals surface area contributed by atoms with Crippen molar-refractivity contribution in [1.82, 2.24) is 14.7 Å². The van der Waals surface area contributed by atoms with Crippen molar-refractivity contribution >= 4 is 11.6 Å². The van der Waals surface area contributed by atoms with E-state index in [0.717, 1.165) is 13.1 Å². The Balaban J connectivity index is 1.70. The summed E-state index contributed by atoms with van der Waals surface area (Å²) in [6.45, 7) is 2.58. The van der Waals surface area contributed by atoms with E-state index in [9.17, 15) is 4.79 Å². The highest BCUT2D eigenvalue weighted by Gasteiger charge is 2.18. The van der Waals surface area contributed by atoms with Crippen LogP contribution in [-0.4, -0.2) is 54.4 Å². The van der Waals surface area contributed by atoms with Crippen LogP contribution in [0.15, 0.2) is 30.5 Å². The standard InChI is InChI=1S/C16H20N4O3/c1-19(2)8-9-20-7-6-13(18-20)16(21)17-12-4-3-5-14-15(12)23-11-10-22-14/h3-7H,8-11H2,1-2H3,(H,17,21). The van der Waals surface area contributed by atoms with E-state index in [2.05, 4.69) is 15.3 Å². The second-order valence-electron chi connectivity index (χ2n) is 5.55. The lowest BCUT2D eigenvalue weighted by Gasteiger charge is -2.20. The minimum absolute atomic E-state index is 0.267. The van der Waals surface area contributed by atoms with Gasteiger partial charge in [0.05, 0.1) is 12.2 Å². The first-order valence-electron chi connectivity index (χ1n) is 7.51. The predicted molar refractivity (Wildman–Crippen MR) is 86.2 cm³/mol. The molecule has 7 nitrogen and oxygen atoms in total. The smallest absolute Gasteiger partial charge is 0.276 e. The first-order valence-corrected chi connectivity index (χ1v) is 7.51. The molecular weight excluding hydrogens is 296 g/mol. The number of amides is 1. The van der Waals surface area contributed by atoms with Crippen LogP contribution in [0.1, 0.15) is 10.5 Å². The Morgan fingerprint density at radius 2 is 2.13 bits per heavy atom. The summed E-state index contributed by atoms with van der Waals surface area (Å²) in [6.07, 6.45) is 1.80. The van der Waals surface area contributed by atoms with Gasteiger partial charge in [0, 0.05) is 12.7 Å². The van der Waals surface area contributed by atoms with Crippen LogP contribution in [0.4, 0.5) is 5.69 Å². The van der Waals surface area contributed by atoms with Crippen molar-refractivity contribution in [1.29, 1.82) is 0 Å². The number of benzene rings is 1. The van der Waals surface area contributed by atoms with Gasteiger partial charge in [-0.25, -0.2) is 0 Å². The number of nitrogens with one attached hydrogen (secondary N) is 1. The molecule has 1 aromatic heterocycles. The molecule has 2 heterocycles. The van der Waals surface area contributed by atoms with Crippen molar-refractivity contribution < 1.29 is 14.3 Å². The number of hydrogen-bond donors (Lipinski definition) is 1. The van der Waals surface area contributed by atoms with Gasteiger partial charge in [-0.3, -0.25) is 9.48 Å². The number of rotatable bonds is 5. The third kappa shape index (κ3) is 3.62. The van der Waals surface area contributed by atoms with E-state index in [1.807, 2.05) is 26.2 Å². The molecule has 0 atom stereocenters. The Bertz CT molecular complexity index is 696. The lowest BCUT2D eigenvalue weighted by atomic mass is 10.2. The van der Waals surface area contributed by atoms with Crippen LogP contribution in [0.2, 0.25) is 0 Å². The first kappa shape index (κ1) is 15.4. The van der Waals surface area contributed by atoms with Gasteiger partial charge >= 0.3 is 0 Å². The van der Waals surface area contributed by atoms with Crippen LogP contribution < -0.4 is 14.8 Å². The monoisotopic (exact) mass is 316 g/mol. The Kier molecular flexibility index (Phi) is 4.47. The lowest BCUT2D eigenvalue weighted by Crippen LogP contribution is -2.20. The van der Waals surface area contributed by atoms with Gasteiger partial charge in [0.1, 0.15) is 13.2 Å². The maximum absolute atomic E-state index is 12.4. The van der Waals surface area contributed by atoms with Crippen molar-refractivity contribution in [3.8, 4) is 11.5 Å². The molecule has 3 rings (SSSR count). The van der Waals surface area contributed by atoms with E-state index in [1.165, 1.54) is 0 Å². The third-order valence-electron chi connectivity index (χ3n) is 3.46. The molecule has 1 aliphatic rings. The number of aromatic nitrogens is 2. The summed E-state index contributed by atoms with van der Waals surface area (Å²) in [4.78, 5) is 14.4. The van der Waals surface area contributed by atoms with E-state index < -0.39 is 0 Å². The number of nitrogens with zero attached hydrogens (tertiary/aromatic N) is 3. The molecule has 0 bridgehead atoms.